The van der Waals surface area contributed by atoms with Crippen molar-refractivity contribution in [3.8, 4) is 0 Å². The minimum absolute atomic E-state index is 0.0433. The Morgan fingerprint density at radius 2 is 2.04 bits per heavy atom. The largest absolute Gasteiger partial charge is 0.354 e. The van der Waals surface area contributed by atoms with E-state index in [1.807, 2.05) is 7.05 Å². The number of hydrogen-bond donors (Lipinski definition) is 2. The van der Waals surface area contributed by atoms with Crippen LogP contribution in [0.25, 0.3) is 11.2 Å². The number of carbonyl (C=O) groups is 1. The molecule has 2 aromatic heterocycles. The lowest BCUT2D eigenvalue weighted by Crippen LogP contribution is -2.36. The molecule has 3 rings (SSSR count). The molecule has 7 nitrogen and oxygen atoms in total. The minimum atomic E-state index is -0.0433. The third kappa shape index (κ3) is 4.48. The lowest BCUT2D eigenvalue weighted by atomic mass is 10.2. The Morgan fingerprint density at radius 3 is 2.84 bits per heavy atom. The van der Waals surface area contributed by atoms with Crippen LogP contribution >= 0.6 is 11.8 Å². The van der Waals surface area contributed by atoms with Gasteiger partial charge in [-0.05, 0) is 19.1 Å². The molecule has 1 aromatic carbocycles. The highest BCUT2D eigenvalue weighted by molar-refractivity contribution is 7.99. The van der Waals surface area contributed by atoms with Crippen LogP contribution in [0.3, 0.4) is 0 Å². The Balaban J connectivity index is 1.46. The molecule has 130 valence electrons. The summed E-state index contributed by atoms with van der Waals surface area (Å²) in [5.74, 6) is 1.45. The number of imidazole rings is 1. The van der Waals surface area contributed by atoms with Gasteiger partial charge in [0.2, 0.25) is 5.91 Å². The van der Waals surface area contributed by atoms with Crippen molar-refractivity contribution < 1.29 is 4.79 Å². The number of carbonyl (C=O) groups excluding carboxylic acids is 1. The summed E-state index contributed by atoms with van der Waals surface area (Å²) in [6.07, 6.45) is 3.02. The van der Waals surface area contributed by atoms with E-state index in [1.54, 1.807) is 23.0 Å². The van der Waals surface area contributed by atoms with Crippen molar-refractivity contribution in [2.45, 2.75) is 11.8 Å². The van der Waals surface area contributed by atoms with E-state index in [4.69, 9.17) is 0 Å². The molecule has 2 N–H and O–H groups in total. The van der Waals surface area contributed by atoms with E-state index in [1.165, 1.54) is 16.8 Å². The highest BCUT2D eigenvalue weighted by Crippen LogP contribution is 2.18. The number of thioether (sulfide) groups is 1. The number of hydrogen-bond acceptors (Lipinski definition) is 6. The van der Waals surface area contributed by atoms with Crippen molar-refractivity contribution in [3.63, 3.8) is 0 Å². The Labute approximate surface area is 150 Å². The molecule has 0 fully saturated rings. The summed E-state index contributed by atoms with van der Waals surface area (Å²) in [5.41, 5.74) is 2.57. The molecule has 8 heteroatoms. The van der Waals surface area contributed by atoms with Gasteiger partial charge in [0.15, 0.2) is 11.5 Å². The Kier molecular flexibility index (Phi) is 5.49. The number of aromatic nitrogens is 4. The molecule has 3 aromatic rings. The first-order valence-corrected chi connectivity index (χ1v) is 8.93. The predicted octanol–water partition coefficient (Wildman–Crippen LogP) is 2.01. The van der Waals surface area contributed by atoms with Crippen molar-refractivity contribution in [2.24, 2.45) is 0 Å². The van der Waals surface area contributed by atoms with Crippen LogP contribution in [0, 0.1) is 6.92 Å². The van der Waals surface area contributed by atoms with Crippen molar-refractivity contribution in [1.82, 2.24) is 25.3 Å². The van der Waals surface area contributed by atoms with Gasteiger partial charge in [-0.15, -0.1) is 11.8 Å². The van der Waals surface area contributed by atoms with Gasteiger partial charge in [0, 0.05) is 24.2 Å². The average molecular weight is 356 g/mol. The molecule has 0 saturated heterocycles. The molecule has 0 atom stereocenters. The summed E-state index contributed by atoms with van der Waals surface area (Å²) >= 11 is 1.73. The van der Waals surface area contributed by atoms with E-state index in [-0.39, 0.29) is 12.5 Å². The van der Waals surface area contributed by atoms with Gasteiger partial charge in [-0.2, -0.15) is 0 Å². The van der Waals surface area contributed by atoms with Crippen LogP contribution in [0.4, 0.5) is 5.82 Å². The van der Waals surface area contributed by atoms with Crippen molar-refractivity contribution in [2.75, 3.05) is 30.8 Å². The minimum Gasteiger partial charge on any atom is -0.354 e. The molecule has 2 heterocycles. The van der Waals surface area contributed by atoms with Gasteiger partial charge in [0.1, 0.15) is 11.8 Å². The molecule has 0 bridgehead atoms. The number of aromatic amines is 1. The topological polar surface area (TPSA) is 86.8 Å². The molecule has 0 unspecified atom stereocenters. The van der Waals surface area contributed by atoms with E-state index in [2.05, 4.69) is 56.4 Å². The van der Waals surface area contributed by atoms with Crippen LogP contribution in [0.5, 0.6) is 0 Å². The fourth-order valence-corrected chi connectivity index (χ4v) is 3.15. The quantitative estimate of drug-likeness (QED) is 0.497. The zero-order valence-electron chi connectivity index (χ0n) is 14.2. The van der Waals surface area contributed by atoms with E-state index in [0.717, 1.165) is 11.3 Å². The molecule has 25 heavy (non-hydrogen) atoms. The van der Waals surface area contributed by atoms with E-state index in [9.17, 15) is 4.79 Å². The van der Waals surface area contributed by atoms with Crippen LogP contribution in [0.15, 0.2) is 41.8 Å². The summed E-state index contributed by atoms with van der Waals surface area (Å²) in [4.78, 5) is 30.5. The van der Waals surface area contributed by atoms with E-state index in [0.29, 0.717) is 18.0 Å². The molecular formula is C17H20N6OS. The maximum atomic E-state index is 12.1. The van der Waals surface area contributed by atoms with Gasteiger partial charge in [-0.3, -0.25) is 4.79 Å². The Bertz CT molecular complexity index is 848. The molecule has 0 saturated carbocycles. The van der Waals surface area contributed by atoms with Gasteiger partial charge in [0.05, 0.1) is 12.9 Å². The zero-order valence-corrected chi connectivity index (χ0v) is 15.0. The number of nitrogens with one attached hydrogen (secondary N) is 2. The summed E-state index contributed by atoms with van der Waals surface area (Å²) in [6, 6.07) is 8.38. The number of rotatable bonds is 7. The molecule has 0 aliphatic carbocycles. The number of H-pyrrole nitrogens is 1. The lowest BCUT2D eigenvalue weighted by molar-refractivity contribution is -0.119. The third-order valence-electron chi connectivity index (χ3n) is 3.66. The molecule has 0 spiro atoms. The summed E-state index contributed by atoms with van der Waals surface area (Å²) < 4.78 is 0. The first-order chi connectivity index (χ1) is 12.1. The highest BCUT2D eigenvalue weighted by Gasteiger charge is 2.13. The molecular weight excluding hydrogens is 336 g/mol. The number of likely N-dealkylation sites (N-methyl/N-ethyl adjacent to an activating group) is 1. The summed E-state index contributed by atoms with van der Waals surface area (Å²) in [7, 11) is 1.82. The monoisotopic (exact) mass is 356 g/mol. The average Bonchev–Trinajstić information content (AvgIpc) is 3.09. The Hall–Kier alpha value is -2.61. The fourth-order valence-electron chi connectivity index (χ4n) is 2.38. The smallest absolute Gasteiger partial charge is 0.239 e. The number of nitrogens with zero attached hydrogens (tertiary/aromatic N) is 4. The maximum absolute atomic E-state index is 12.1. The van der Waals surface area contributed by atoms with Crippen molar-refractivity contribution in [1.29, 1.82) is 0 Å². The second-order valence-electron chi connectivity index (χ2n) is 5.67. The first kappa shape index (κ1) is 17.2. The number of benzene rings is 1. The van der Waals surface area contributed by atoms with Crippen LogP contribution in [-0.4, -0.2) is 51.7 Å². The standard InChI is InChI=1S/C17H20N6OS/c1-12-3-5-13(6-4-12)25-8-7-18-14(24)9-23(2)17-15-16(20-10-19-15)21-11-22-17/h3-6,10-11H,7-9H2,1-2H3,(H,18,24)(H,19,20,21,22). The third-order valence-corrected chi connectivity index (χ3v) is 4.67. The zero-order chi connectivity index (χ0) is 17.6. The second-order valence-corrected chi connectivity index (χ2v) is 6.83. The predicted molar refractivity (Wildman–Crippen MR) is 99.9 cm³/mol. The van der Waals surface area contributed by atoms with Crippen molar-refractivity contribution in [3.05, 3.63) is 42.5 Å². The number of anilines is 1. The normalized spacial score (nSPS) is 10.8. The molecule has 0 aliphatic rings. The van der Waals surface area contributed by atoms with Crippen LogP contribution in [-0.2, 0) is 4.79 Å². The van der Waals surface area contributed by atoms with Crippen molar-refractivity contribution >= 4 is 34.7 Å². The van der Waals surface area contributed by atoms with Gasteiger partial charge in [0.25, 0.3) is 0 Å². The summed E-state index contributed by atoms with van der Waals surface area (Å²) in [5, 5.41) is 2.94. The SMILES string of the molecule is Cc1ccc(SCCNC(=O)CN(C)c2ncnc3nc[nH]c23)cc1. The number of fused-ring (bicyclic) bond motifs is 1. The first-order valence-electron chi connectivity index (χ1n) is 7.95. The molecule has 1 amide bonds. The van der Waals surface area contributed by atoms with Gasteiger partial charge >= 0.3 is 0 Å². The van der Waals surface area contributed by atoms with E-state index >= 15 is 0 Å². The Morgan fingerprint density at radius 1 is 1.24 bits per heavy atom. The van der Waals surface area contributed by atoms with Crippen LogP contribution in [0.1, 0.15) is 5.56 Å². The summed E-state index contributed by atoms with van der Waals surface area (Å²) in [6.45, 7) is 2.91. The second kappa shape index (κ2) is 7.98. The lowest BCUT2D eigenvalue weighted by Gasteiger charge is -2.17. The highest BCUT2D eigenvalue weighted by atomic mass is 32.2. The van der Waals surface area contributed by atoms with Crippen LogP contribution < -0.4 is 10.2 Å². The van der Waals surface area contributed by atoms with Gasteiger partial charge in [-0.25, -0.2) is 15.0 Å². The maximum Gasteiger partial charge on any atom is 0.239 e. The fraction of sp³-hybridized carbons (Fsp3) is 0.294. The number of aryl methyl sites for hydroxylation is 1. The molecule has 0 aliphatic heterocycles. The van der Waals surface area contributed by atoms with Crippen LogP contribution in [0.2, 0.25) is 0 Å². The molecule has 0 radical (unpaired) electrons. The number of amides is 1. The van der Waals surface area contributed by atoms with Gasteiger partial charge < -0.3 is 15.2 Å². The van der Waals surface area contributed by atoms with E-state index < -0.39 is 0 Å². The van der Waals surface area contributed by atoms with Gasteiger partial charge in [-0.1, -0.05) is 17.7 Å².